The summed E-state index contributed by atoms with van der Waals surface area (Å²) < 4.78 is 15.5. The number of furan rings is 2. The van der Waals surface area contributed by atoms with Crippen LogP contribution in [-0.2, 0) is 22.6 Å². The van der Waals surface area contributed by atoms with Gasteiger partial charge in [0.1, 0.15) is 11.5 Å². The first kappa shape index (κ1) is 17.3. The monoisotopic (exact) mass is 354 g/mol. The first-order valence-corrected chi connectivity index (χ1v) is 8.04. The van der Waals surface area contributed by atoms with Gasteiger partial charge in [0.15, 0.2) is 6.61 Å². The Labute approximate surface area is 149 Å². The number of hydrogen-bond acceptors (Lipinski definition) is 6. The van der Waals surface area contributed by atoms with E-state index in [2.05, 4.69) is 10.6 Å². The Kier molecular flexibility index (Phi) is 5.72. The topological polar surface area (TPSA) is 93.7 Å². The maximum Gasteiger partial charge on any atom is 0.340 e. The van der Waals surface area contributed by atoms with Crippen molar-refractivity contribution < 1.29 is 23.2 Å². The summed E-state index contributed by atoms with van der Waals surface area (Å²) in [6, 6.07) is 14.0. The maximum atomic E-state index is 12.3. The Balaban J connectivity index is 1.51. The molecule has 0 aliphatic carbocycles. The van der Waals surface area contributed by atoms with Gasteiger partial charge in [-0.05, 0) is 36.4 Å². The average Bonchev–Trinajstić information content (AvgIpc) is 3.36. The molecular formula is C19H18N2O5. The molecule has 7 heteroatoms. The minimum absolute atomic E-state index is 0.241. The molecule has 0 unspecified atom stereocenters. The van der Waals surface area contributed by atoms with E-state index in [1.807, 2.05) is 6.07 Å². The molecule has 0 saturated carbocycles. The summed E-state index contributed by atoms with van der Waals surface area (Å²) in [5, 5.41) is 5.73. The van der Waals surface area contributed by atoms with Gasteiger partial charge in [-0.1, -0.05) is 12.1 Å². The molecule has 0 saturated heterocycles. The molecule has 0 aliphatic rings. The largest absolute Gasteiger partial charge is 0.467 e. The number of carbonyl (C=O) groups excluding carboxylic acids is 2. The van der Waals surface area contributed by atoms with Crippen LogP contribution in [0, 0.1) is 0 Å². The fourth-order valence-electron chi connectivity index (χ4n) is 2.27. The molecule has 0 fully saturated rings. The number of ether oxygens (including phenoxy) is 1. The maximum absolute atomic E-state index is 12.3. The molecule has 0 atom stereocenters. The van der Waals surface area contributed by atoms with E-state index in [0.29, 0.717) is 23.6 Å². The van der Waals surface area contributed by atoms with E-state index in [0.717, 1.165) is 5.76 Å². The molecule has 3 aromatic rings. The zero-order valence-electron chi connectivity index (χ0n) is 13.9. The predicted octanol–water partition coefficient (Wildman–Crippen LogP) is 2.96. The molecule has 134 valence electrons. The Hall–Kier alpha value is -3.48. The number of amides is 1. The lowest BCUT2D eigenvalue weighted by molar-refractivity contribution is -0.124. The van der Waals surface area contributed by atoms with E-state index in [9.17, 15) is 9.59 Å². The second-order valence-electron chi connectivity index (χ2n) is 5.41. The average molecular weight is 354 g/mol. The molecule has 0 aliphatic heterocycles. The van der Waals surface area contributed by atoms with Crippen LogP contribution in [0.3, 0.4) is 0 Å². The Morgan fingerprint density at radius 3 is 2.27 bits per heavy atom. The smallest absolute Gasteiger partial charge is 0.340 e. The third-order valence-corrected chi connectivity index (χ3v) is 3.55. The van der Waals surface area contributed by atoms with Crippen molar-refractivity contribution in [2.24, 2.45) is 0 Å². The van der Waals surface area contributed by atoms with Gasteiger partial charge in [-0.2, -0.15) is 0 Å². The van der Waals surface area contributed by atoms with Crippen LogP contribution in [0.2, 0.25) is 0 Å². The summed E-state index contributed by atoms with van der Waals surface area (Å²) in [5.74, 6) is 0.374. The lowest BCUT2D eigenvalue weighted by atomic mass is 10.2. The van der Waals surface area contributed by atoms with Crippen molar-refractivity contribution in [2.45, 2.75) is 13.1 Å². The van der Waals surface area contributed by atoms with Crippen LogP contribution in [0.4, 0.5) is 5.69 Å². The molecule has 2 N–H and O–H groups in total. The Morgan fingerprint density at radius 2 is 1.58 bits per heavy atom. The van der Waals surface area contributed by atoms with E-state index >= 15 is 0 Å². The summed E-state index contributed by atoms with van der Waals surface area (Å²) in [5.41, 5.74) is 0.947. The van der Waals surface area contributed by atoms with E-state index in [1.165, 1.54) is 6.26 Å². The van der Waals surface area contributed by atoms with E-state index < -0.39 is 11.9 Å². The van der Waals surface area contributed by atoms with Gasteiger partial charge in [-0.15, -0.1) is 0 Å². The quantitative estimate of drug-likeness (QED) is 0.604. The number of anilines is 1. The van der Waals surface area contributed by atoms with Crippen LogP contribution < -0.4 is 10.6 Å². The number of hydrogen-bond donors (Lipinski definition) is 2. The van der Waals surface area contributed by atoms with Crippen LogP contribution in [0.25, 0.3) is 0 Å². The molecular weight excluding hydrogens is 336 g/mol. The molecule has 3 rings (SSSR count). The number of benzene rings is 1. The zero-order chi connectivity index (χ0) is 18.2. The second kappa shape index (κ2) is 8.57. The fraction of sp³-hybridized carbons (Fsp3) is 0.158. The number of carbonyl (C=O) groups is 2. The fourth-order valence-corrected chi connectivity index (χ4v) is 2.27. The third kappa shape index (κ3) is 4.76. The highest BCUT2D eigenvalue weighted by atomic mass is 16.5. The summed E-state index contributed by atoms with van der Waals surface area (Å²) in [4.78, 5) is 24.1. The molecule has 0 spiro atoms. The lowest BCUT2D eigenvalue weighted by Crippen LogP contribution is -2.28. The highest BCUT2D eigenvalue weighted by molar-refractivity contribution is 5.96. The van der Waals surface area contributed by atoms with Crippen LogP contribution in [-0.4, -0.2) is 18.5 Å². The van der Waals surface area contributed by atoms with Crippen LogP contribution >= 0.6 is 0 Å². The van der Waals surface area contributed by atoms with E-state index in [4.69, 9.17) is 13.6 Å². The van der Waals surface area contributed by atoms with Gasteiger partial charge in [0.25, 0.3) is 5.91 Å². The molecule has 0 radical (unpaired) electrons. The molecule has 2 aromatic heterocycles. The normalized spacial score (nSPS) is 10.3. The number of rotatable bonds is 8. The molecule has 1 amide bonds. The minimum atomic E-state index is -0.583. The summed E-state index contributed by atoms with van der Waals surface area (Å²) in [6.07, 6.45) is 3.10. The van der Waals surface area contributed by atoms with Gasteiger partial charge in [0, 0.05) is 5.69 Å². The molecule has 0 bridgehead atoms. The van der Waals surface area contributed by atoms with Gasteiger partial charge in [-0.25, -0.2) is 4.79 Å². The predicted molar refractivity (Wildman–Crippen MR) is 93.3 cm³/mol. The van der Waals surface area contributed by atoms with Crippen molar-refractivity contribution in [3.05, 3.63) is 78.1 Å². The van der Waals surface area contributed by atoms with E-state index in [1.54, 1.807) is 48.7 Å². The number of esters is 1. The second-order valence-corrected chi connectivity index (χ2v) is 5.41. The highest BCUT2D eigenvalue weighted by Gasteiger charge is 2.14. The zero-order valence-corrected chi connectivity index (χ0v) is 13.9. The minimum Gasteiger partial charge on any atom is -0.467 e. The Morgan fingerprint density at radius 1 is 0.885 bits per heavy atom. The highest BCUT2D eigenvalue weighted by Crippen LogP contribution is 2.17. The van der Waals surface area contributed by atoms with Crippen molar-refractivity contribution in [1.29, 1.82) is 0 Å². The van der Waals surface area contributed by atoms with E-state index in [-0.39, 0.29) is 13.2 Å². The van der Waals surface area contributed by atoms with Crippen molar-refractivity contribution in [1.82, 2.24) is 5.32 Å². The first-order valence-electron chi connectivity index (χ1n) is 8.04. The number of para-hydroxylation sites is 1. The van der Waals surface area contributed by atoms with Crippen LogP contribution in [0.1, 0.15) is 21.9 Å². The first-order chi connectivity index (χ1) is 12.7. The third-order valence-electron chi connectivity index (χ3n) is 3.55. The lowest BCUT2D eigenvalue weighted by Gasteiger charge is -2.11. The van der Waals surface area contributed by atoms with Gasteiger partial charge in [-0.3, -0.25) is 4.79 Å². The van der Waals surface area contributed by atoms with Crippen molar-refractivity contribution in [2.75, 3.05) is 11.9 Å². The standard InChI is InChI=1S/C19H18N2O5/c22-18(21-12-15-6-4-10-25-15)13-26-19(23)16-7-1-2-8-17(16)20-11-14-5-3-9-24-14/h1-10,20H,11-13H2,(H,21,22). The summed E-state index contributed by atoms with van der Waals surface area (Å²) in [6.45, 7) is 0.303. The molecule has 1 aromatic carbocycles. The number of nitrogens with one attached hydrogen (secondary N) is 2. The van der Waals surface area contributed by atoms with Crippen molar-refractivity contribution >= 4 is 17.6 Å². The SMILES string of the molecule is O=C(COC(=O)c1ccccc1NCc1ccco1)NCc1ccco1. The molecule has 2 heterocycles. The molecule has 7 nitrogen and oxygen atoms in total. The van der Waals surface area contributed by atoms with Crippen molar-refractivity contribution in [3.8, 4) is 0 Å². The van der Waals surface area contributed by atoms with Gasteiger partial charge >= 0.3 is 5.97 Å². The summed E-state index contributed by atoms with van der Waals surface area (Å²) >= 11 is 0. The summed E-state index contributed by atoms with van der Waals surface area (Å²) in [7, 11) is 0. The Bertz CT molecular complexity index is 841. The van der Waals surface area contributed by atoms with Crippen molar-refractivity contribution in [3.63, 3.8) is 0 Å². The van der Waals surface area contributed by atoms with Gasteiger partial charge in [0.05, 0.1) is 31.2 Å². The molecule has 26 heavy (non-hydrogen) atoms. The van der Waals surface area contributed by atoms with Gasteiger partial charge < -0.3 is 24.2 Å². The van der Waals surface area contributed by atoms with Gasteiger partial charge in [0.2, 0.25) is 0 Å². The van der Waals surface area contributed by atoms with Crippen LogP contribution in [0.5, 0.6) is 0 Å². The van der Waals surface area contributed by atoms with Crippen LogP contribution in [0.15, 0.2) is 69.9 Å².